The lowest BCUT2D eigenvalue weighted by Gasteiger charge is -2.33. The molecule has 1 aliphatic carbocycles. The van der Waals surface area contributed by atoms with Crippen LogP contribution in [0.3, 0.4) is 0 Å². The molecule has 1 unspecified atom stereocenters. The highest BCUT2D eigenvalue weighted by Gasteiger charge is 2.25. The summed E-state index contributed by atoms with van der Waals surface area (Å²) in [6, 6.07) is 8.36. The fraction of sp³-hybridized carbons (Fsp3) is 0.625. The predicted molar refractivity (Wildman–Crippen MR) is 83.4 cm³/mol. The van der Waals surface area contributed by atoms with Gasteiger partial charge in [0.15, 0.2) is 0 Å². The Balaban J connectivity index is 2.06. The van der Waals surface area contributed by atoms with Gasteiger partial charge in [-0.3, -0.25) is 0 Å². The Morgan fingerprint density at radius 2 is 2.00 bits per heavy atom. The summed E-state index contributed by atoms with van der Waals surface area (Å²) >= 11 is 3.64. The fourth-order valence-electron chi connectivity index (χ4n) is 2.11. The summed E-state index contributed by atoms with van der Waals surface area (Å²) in [5.74, 6) is 0. The van der Waals surface area contributed by atoms with Crippen LogP contribution in [0.4, 0.5) is 0 Å². The Morgan fingerprint density at radius 3 is 2.53 bits per heavy atom. The van der Waals surface area contributed by atoms with Gasteiger partial charge in [-0.1, -0.05) is 34.1 Å². The van der Waals surface area contributed by atoms with Gasteiger partial charge < -0.3 is 10.1 Å². The number of hydrogen-bond donors (Lipinski definition) is 1. The highest BCUT2D eigenvalue weighted by Crippen LogP contribution is 2.32. The first-order valence-corrected chi connectivity index (χ1v) is 7.90. The second-order valence-electron chi connectivity index (χ2n) is 6.33. The Labute approximate surface area is 125 Å². The maximum atomic E-state index is 6.26. The van der Waals surface area contributed by atoms with Crippen LogP contribution < -0.4 is 5.32 Å². The van der Waals surface area contributed by atoms with Gasteiger partial charge >= 0.3 is 0 Å². The van der Waals surface area contributed by atoms with E-state index in [4.69, 9.17) is 4.74 Å². The first-order valence-electron chi connectivity index (χ1n) is 7.10. The molecule has 0 aromatic heterocycles. The second kappa shape index (κ2) is 6.38. The number of hydrogen-bond acceptors (Lipinski definition) is 2. The molecular weight excluding hydrogens is 302 g/mol. The zero-order valence-electron chi connectivity index (χ0n) is 12.1. The van der Waals surface area contributed by atoms with Crippen molar-refractivity contribution in [3.8, 4) is 0 Å². The van der Waals surface area contributed by atoms with Crippen LogP contribution in [0.25, 0.3) is 0 Å². The predicted octanol–water partition coefficient (Wildman–Crippen LogP) is 4.45. The molecule has 1 atom stereocenters. The van der Waals surface area contributed by atoms with E-state index in [0.717, 1.165) is 11.0 Å². The minimum atomic E-state index is 0.114. The Bertz CT molecular complexity index is 409. The van der Waals surface area contributed by atoms with Crippen molar-refractivity contribution in [1.82, 2.24) is 5.32 Å². The number of rotatable bonds is 5. The van der Waals surface area contributed by atoms with Crippen LogP contribution in [-0.4, -0.2) is 18.2 Å². The molecule has 1 fully saturated rings. The van der Waals surface area contributed by atoms with E-state index in [1.54, 1.807) is 0 Å². The van der Waals surface area contributed by atoms with Crippen molar-refractivity contribution < 1.29 is 4.74 Å². The van der Waals surface area contributed by atoms with E-state index in [0.29, 0.717) is 6.10 Å². The maximum absolute atomic E-state index is 6.26. The van der Waals surface area contributed by atoms with Crippen LogP contribution in [0.15, 0.2) is 28.7 Å². The van der Waals surface area contributed by atoms with Gasteiger partial charge in [0.25, 0.3) is 0 Å². The summed E-state index contributed by atoms with van der Waals surface area (Å²) in [7, 11) is 0. The molecular formula is C16H24BrNO. The Kier molecular flexibility index (Phi) is 5.04. The first kappa shape index (κ1) is 15.0. The van der Waals surface area contributed by atoms with Crippen molar-refractivity contribution in [1.29, 1.82) is 0 Å². The normalized spacial score (nSPS) is 18.1. The molecule has 0 heterocycles. The summed E-state index contributed by atoms with van der Waals surface area (Å²) in [6.07, 6.45) is 4.28. The summed E-state index contributed by atoms with van der Waals surface area (Å²) in [5.41, 5.74) is 1.36. The van der Waals surface area contributed by atoms with Crippen LogP contribution in [-0.2, 0) is 4.74 Å². The monoisotopic (exact) mass is 325 g/mol. The molecule has 0 radical (unpaired) electrons. The average Bonchev–Trinajstić information content (AvgIpc) is 2.27. The van der Waals surface area contributed by atoms with Gasteiger partial charge in [0, 0.05) is 16.6 Å². The molecule has 3 heteroatoms. The molecule has 1 aromatic rings. The van der Waals surface area contributed by atoms with Gasteiger partial charge in [0.2, 0.25) is 0 Å². The van der Waals surface area contributed by atoms with Crippen molar-refractivity contribution in [2.45, 2.75) is 57.8 Å². The lowest BCUT2D eigenvalue weighted by molar-refractivity contribution is -0.0540. The van der Waals surface area contributed by atoms with Gasteiger partial charge in [0.1, 0.15) is 0 Å². The number of nitrogens with one attached hydrogen (secondary N) is 1. The minimum Gasteiger partial charge on any atom is -0.369 e. The molecule has 2 nitrogen and oxygen atoms in total. The van der Waals surface area contributed by atoms with E-state index < -0.39 is 0 Å². The zero-order valence-corrected chi connectivity index (χ0v) is 13.7. The topological polar surface area (TPSA) is 21.3 Å². The molecule has 0 bridgehead atoms. The van der Waals surface area contributed by atoms with Crippen molar-refractivity contribution >= 4 is 15.9 Å². The lowest BCUT2D eigenvalue weighted by Crippen LogP contribution is -2.40. The smallest absolute Gasteiger partial charge is 0.0964 e. The summed E-state index contributed by atoms with van der Waals surface area (Å²) in [6.45, 7) is 7.41. The largest absolute Gasteiger partial charge is 0.369 e. The van der Waals surface area contributed by atoms with Crippen molar-refractivity contribution in [3.05, 3.63) is 34.3 Å². The van der Waals surface area contributed by atoms with E-state index in [9.17, 15) is 0 Å². The van der Waals surface area contributed by atoms with Crippen LogP contribution in [0, 0.1) is 0 Å². The fourth-order valence-corrected chi connectivity index (χ4v) is 2.65. The molecule has 0 aliphatic heterocycles. The SMILES string of the molecule is CC(C)(C)NCC(OC1CCC1)c1ccccc1Br. The highest BCUT2D eigenvalue weighted by atomic mass is 79.9. The van der Waals surface area contributed by atoms with Crippen molar-refractivity contribution in [2.75, 3.05) is 6.54 Å². The third-order valence-electron chi connectivity index (χ3n) is 3.48. The van der Waals surface area contributed by atoms with Crippen molar-refractivity contribution in [2.24, 2.45) is 0 Å². The van der Waals surface area contributed by atoms with Gasteiger partial charge in [-0.25, -0.2) is 0 Å². The Hall–Kier alpha value is -0.380. The number of ether oxygens (including phenoxy) is 1. The highest BCUT2D eigenvalue weighted by molar-refractivity contribution is 9.10. The minimum absolute atomic E-state index is 0.114. The van der Waals surface area contributed by atoms with Crippen LogP contribution in [0.2, 0.25) is 0 Å². The summed E-state index contributed by atoms with van der Waals surface area (Å²) in [5, 5.41) is 3.56. The van der Waals surface area contributed by atoms with Gasteiger partial charge in [-0.2, -0.15) is 0 Å². The third kappa shape index (κ3) is 4.59. The first-order chi connectivity index (χ1) is 8.96. The molecule has 0 saturated heterocycles. The van der Waals surface area contributed by atoms with E-state index in [1.807, 2.05) is 6.07 Å². The molecule has 1 N–H and O–H groups in total. The standard InChI is InChI=1S/C16H24BrNO/c1-16(2,3)18-11-15(19-12-7-6-8-12)13-9-4-5-10-14(13)17/h4-5,9-10,12,15,18H,6-8,11H2,1-3H3. The van der Waals surface area contributed by atoms with Gasteiger partial charge in [-0.05, 0) is 51.7 Å². The van der Waals surface area contributed by atoms with E-state index in [1.165, 1.54) is 24.8 Å². The Morgan fingerprint density at radius 1 is 1.32 bits per heavy atom. The van der Waals surface area contributed by atoms with Crippen LogP contribution in [0.1, 0.15) is 51.7 Å². The molecule has 106 valence electrons. The average molecular weight is 326 g/mol. The van der Waals surface area contributed by atoms with Crippen LogP contribution in [0.5, 0.6) is 0 Å². The second-order valence-corrected chi connectivity index (χ2v) is 7.18. The lowest BCUT2D eigenvalue weighted by atomic mass is 9.95. The molecule has 1 aliphatic rings. The van der Waals surface area contributed by atoms with E-state index >= 15 is 0 Å². The molecule has 0 spiro atoms. The summed E-state index contributed by atoms with van der Waals surface area (Å²) in [4.78, 5) is 0. The third-order valence-corrected chi connectivity index (χ3v) is 4.20. The molecule has 1 saturated carbocycles. The van der Waals surface area contributed by atoms with Crippen molar-refractivity contribution in [3.63, 3.8) is 0 Å². The molecule has 0 amide bonds. The number of halogens is 1. The molecule has 19 heavy (non-hydrogen) atoms. The maximum Gasteiger partial charge on any atom is 0.0964 e. The van der Waals surface area contributed by atoms with Crippen LogP contribution >= 0.6 is 15.9 Å². The van der Waals surface area contributed by atoms with Gasteiger partial charge in [0.05, 0.1) is 12.2 Å². The number of benzene rings is 1. The zero-order chi connectivity index (χ0) is 13.9. The summed E-state index contributed by atoms with van der Waals surface area (Å²) < 4.78 is 7.39. The quantitative estimate of drug-likeness (QED) is 0.863. The van der Waals surface area contributed by atoms with E-state index in [-0.39, 0.29) is 11.6 Å². The van der Waals surface area contributed by atoms with Gasteiger partial charge in [-0.15, -0.1) is 0 Å². The van der Waals surface area contributed by atoms with E-state index in [2.05, 4.69) is 60.2 Å². The molecule has 1 aromatic carbocycles. The molecule has 2 rings (SSSR count).